The molecule has 2 heterocycles. The second kappa shape index (κ2) is 9.06. The van der Waals surface area contributed by atoms with Crippen molar-refractivity contribution in [1.82, 2.24) is 9.97 Å². The third kappa shape index (κ3) is 5.13. The summed E-state index contributed by atoms with van der Waals surface area (Å²) in [6, 6.07) is 11.9. The van der Waals surface area contributed by atoms with Crippen molar-refractivity contribution in [3.8, 4) is 22.6 Å². The van der Waals surface area contributed by atoms with Gasteiger partial charge in [-0.1, -0.05) is 23.9 Å². The summed E-state index contributed by atoms with van der Waals surface area (Å²) in [5.41, 5.74) is 1.78. The van der Waals surface area contributed by atoms with Crippen LogP contribution in [-0.4, -0.2) is 26.6 Å². The minimum absolute atomic E-state index is 0.0292. The van der Waals surface area contributed by atoms with Crippen molar-refractivity contribution < 1.29 is 18.5 Å². The average Bonchev–Trinajstić information content (AvgIpc) is 3.43. The number of nitro benzene ring substituents is 1. The molecule has 0 aliphatic carbocycles. The van der Waals surface area contributed by atoms with Crippen molar-refractivity contribution >= 4 is 39.8 Å². The molecular formula is C20H13FN4O4S2. The van der Waals surface area contributed by atoms with Crippen LogP contribution in [0.4, 0.5) is 15.2 Å². The van der Waals surface area contributed by atoms with E-state index in [0.29, 0.717) is 32.9 Å². The average molecular weight is 456 g/mol. The van der Waals surface area contributed by atoms with Crippen LogP contribution in [0, 0.1) is 15.9 Å². The molecular weight excluding hydrogens is 443 g/mol. The van der Waals surface area contributed by atoms with Crippen molar-refractivity contribution in [3.63, 3.8) is 0 Å². The quantitative estimate of drug-likeness (QED) is 0.230. The highest BCUT2D eigenvalue weighted by atomic mass is 32.2. The predicted molar refractivity (Wildman–Crippen MR) is 115 cm³/mol. The van der Waals surface area contributed by atoms with E-state index in [0.717, 1.165) is 11.8 Å². The van der Waals surface area contributed by atoms with Crippen LogP contribution in [0.15, 0.2) is 69.7 Å². The minimum atomic E-state index is -0.472. The molecule has 0 unspecified atom stereocenters. The molecule has 0 saturated heterocycles. The highest BCUT2D eigenvalue weighted by Crippen LogP contribution is 2.28. The van der Waals surface area contributed by atoms with Gasteiger partial charge in [0, 0.05) is 28.6 Å². The number of halogens is 1. The molecule has 0 radical (unpaired) electrons. The second-order valence-electron chi connectivity index (χ2n) is 6.18. The third-order valence-corrected chi connectivity index (χ3v) is 5.64. The zero-order chi connectivity index (χ0) is 21.8. The number of aromatic nitrogens is 2. The second-order valence-corrected chi connectivity index (χ2v) is 7.96. The Balaban J connectivity index is 1.34. The highest BCUT2D eigenvalue weighted by Gasteiger charge is 2.13. The van der Waals surface area contributed by atoms with Crippen molar-refractivity contribution in [2.75, 3.05) is 11.1 Å². The lowest BCUT2D eigenvalue weighted by Crippen LogP contribution is -2.13. The maximum Gasteiger partial charge on any atom is 0.270 e. The highest BCUT2D eigenvalue weighted by molar-refractivity contribution is 7.99. The molecule has 0 fully saturated rings. The van der Waals surface area contributed by atoms with Gasteiger partial charge in [-0.15, -0.1) is 11.3 Å². The summed E-state index contributed by atoms with van der Waals surface area (Å²) < 4.78 is 18.6. The Morgan fingerprint density at radius 2 is 2.03 bits per heavy atom. The van der Waals surface area contributed by atoms with E-state index >= 15 is 0 Å². The number of carbonyl (C=O) groups is 1. The Morgan fingerprint density at radius 3 is 2.81 bits per heavy atom. The number of nitro groups is 1. The van der Waals surface area contributed by atoms with Gasteiger partial charge in [0.15, 0.2) is 10.9 Å². The number of thiazole rings is 1. The Bertz CT molecular complexity index is 1240. The van der Waals surface area contributed by atoms with Crippen LogP contribution in [0.1, 0.15) is 0 Å². The maximum absolute atomic E-state index is 13.0. The molecule has 1 N–H and O–H groups in total. The number of benzene rings is 2. The first-order chi connectivity index (χ1) is 15.0. The summed E-state index contributed by atoms with van der Waals surface area (Å²) in [4.78, 5) is 31.1. The molecule has 0 spiro atoms. The Morgan fingerprint density at radius 1 is 1.23 bits per heavy atom. The number of thioether (sulfide) groups is 1. The standard InChI is InChI=1S/C20H13FN4O4S2/c21-14-6-4-12(5-7-14)17-9-22-20(29-17)31-11-18(26)24-19-23-16(10-30-19)13-2-1-3-15(8-13)25(27)28/h1-10H,11H2,(H,23,24,26). The van der Waals surface area contributed by atoms with Gasteiger partial charge >= 0.3 is 0 Å². The molecule has 0 aliphatic heterocycles. The van der Waals surface area contributed by atoms with Crippen molar-refractivity contribution in [2.45, 2.75) is 5.22 Å². The summed E-state index contributed by atoms with van der Waals surface area (Å²) in [6.45, 7) is 0. The van der Waals surface area contributed by atoms with E-state index in [-0.39, 0.29) is 23.2 Å². The van der Waals surface area contributed by atoms with Crippen molar-refractivity contribution in [3.05, 3.63) is 76.0 Å². The number of nitrogens with one attached hydrogen (secondary N) is 1. The molecule has 0 bridgehead atoms. The molecule has 156 valence electrons. The Labute approximate surface area is 183 Å². The van der Waals surface area contributed by atoms with Crippen LogP contribution in [0.5, 0.6) is 0 Å². The summed E-state index contributed by atoms with van der Waals surface area (Å²) in [5, 5.41) is 16.0. The van der Waals surface area contributed by atoms with E-state index in [2.05, 4.69) is 15.3 Å². The van der Waals surface area contributed by atoms with Crippen molar-refractivity contribution in [2.24, 2.45) is 0 Å². The zero-order valence-corrected chi connectivity index (χ0v) is 17.3. The molecule has 8 nitrogen and oxygen atoms in total. The fourth-order valence-corrected chi connectivity index (χ4v) is 3.94. The van der Waals surface area contributed by atoms with Gasteiger partial charge in [0.25, 0.3) is 10.9 Å². The van der Waals surface area contributed by atoms with Crippen LogP contribution >= 0.6 is 23.1 Å². The van der Waals surface area contributed by atoms with Gasteiger partial charge in [0.05, 0.1) is 22.6 Å². The topological polar surface area (TPSA) is 111 Å². The van der Waals surface area contributed by atoms with Crippen LogP contribution in [0.2, 0.25) is 0 Å². The molecule has 4 rings (SSSR count). The van der Waals surface area contributed by atoms with E-state index in [1.807, 2.05) is 0 Å². The molecule has 0 atom stereocenters. The SMILES string of the molecule is O=C(CSc1ncc(-c2ccc(F)cc2)o1)Nc1nc(-c2cccc([N+](=O)[O-])c2)cs1. The van der Waals surface area contributed by atoms with E-state index < -0.39 is 4.92 Å². The lowest BCUT2D eigenvalue weighted by atomic mass is 10.1. The number of oxazole rings is 1. The molecule has 0 saturated carbocycles. The lowest BCUT2D eigenvalue weighted by Gasteiger charge is -2.00. The first-order valence-electron chi connectivity index (χ1n) is 8.83. The molecule has 2 aromatic carbocycles. The minimum Gasteiger partial charge on any atom is -0.431 e. The fraction of sp³-hybridized carbons (Fsp3) is 0.0500. The van der Waals surface area contributed by atoms with Crippen LogP contribution < -0.4 is 5.32 Å². The monoisotopic (exact) mass is 456 g/mol. The van der Waals surface area contributed by atoms with Gasteiger partial charge < -0.3 is 9.73 Å². The number of anilines is 1. The summed E-state index contributed by atoms with van der Waals surface area (Å²) in [5.74, 6) is -0.115. The smallest absolute Gasteiger partial charge is 0.270 e. The number of rotatable bonds is 7. The number of non-ortho nitro benzene ring substituents is 1. The maximum atomic E-state index is 13.0. The van der Waals surface area contributed by atoms with Crippen LogP contribution in [0.3, 0.4) is 0 Å². The summed E-state index contributed by atoms with van der Waals surface area (Å²) >= 11 is 2.33. The van der Waals surface area contributed by atoms with E-state index in [1.54, 1.807) is 29.6 Å². The van der Waals surface area contributed by atoms with E-state index in [4.69, 9.17) is 4.42 Å². The summed E-state index contributed by atoms with van der Waals surface area (Å²) in [7, 11) is 0. The number of carbonyl (C=O) groups excluding carboxylic acids is 1. The number of amides is 1. The molecule has 2 aromatic heterocycles. The van der Waals surface area contributed by atoms with Gasteiger partial charge in [-0.3, -0.25) is 14.9 Å². The van der Waals surface area contributed by atoms with E-state index in [9.17, 15) is 19.3 Å². The van der Waals surface area contributed by atoms with Gasteiger partial charge in [0.1, 0.15) is 5.82 Å². The number of hydrogen-bond donors (Lipinski definition) is 1. The van der Waals surface area contributed by atoms with Crippen LogP contribution in [-0.2, 0) is 4.79 Å². The predicted octanol–water partition coefficient (Wildman–Crippen LogP) is 5.24. The normalized spacial score (nSPS) is 10.7. The number of hydrogen-bond acceptors (Lipinski definition) is 8. The first-order valence-corrected chi connectivity index (χ1v) is 10.7. The zero-order valence-electron chi connectivity index (χ0n) is 15.6. The van der Waals surface area contributed by atoms with Crippen molar-refractivity contribution in [1.29, 1.82) is 0 Å². The van der Waals surface area contributed by atoms with Gasteiger partial charge in [0.2, 0.25) is 5.91 Å². The molecule has 1 amide bonds. The fourth-order valence-electron chi connectivity index (χ4n) is 2.60. The Kier molecular flexibility index (Phi) is 6.05. The largest absolute Gasteiger partial charge is 0.431 e. The van der Waals surface area contributed by atoms with Gasteiger partial charge in [-0.25, -0.2) is 14.4 Å². The first kappa shape index (κ1) is 20.7. The molecule has 11 heteroatoms. The van der Waals surface area contributed by atoms with E-state index in [1.165, 1.54) is 41.8 Å². The number of nitrogens with zero attached hydrogens (tertiary/aromatic N) is 3. The molecule has 0 aliphatic rings. The van der Waals surface area contributed by atoms with Gasteiger partial charge in [-0.2, -0.15) is 0 Å². The van der Waals surface area contributed by atoms with Crippen LogP contribution in [0.25, 0.3) is 22.6 Å². The Hall–Kier alpha value is -3.57. The lowest BCUT2D eigenvalue weighted by molar-refractivity contribution is -0.384. The molecule has 4 aromatic rings. The third-order valence-electron chi connectivity index (χ3n) is 4.04. The molecule has 31 heavy (non-hydrogen) atoms. The van der Waals surface area contributed by atoms with Gasteiger partial charge in [-0.05, 0) is 24.3 Å². The summed E-state index contributed by atoms with van der Waals surface area (Å²) in [6.07, 6.45) is 1.51.